The number of nitrogens with two attached hydrogens (primary N) is 1. The second-order valence-electron chi connectivity index (χ2n) is 3.39. The molecule has 0 aromatic carbocycles. The summed E-state index contributed by atoms with van der Waals surface area (Å²) < 4.78 is 13.5. The van der Waals surface area contributed by atoms with Crippen molar-refractivity contribution in [3.8, 4) is 0 Å². The normalized spacial score (nSPS) is 10.2. The highest BCUT2D eigenvalue weighted by atomic mass is 32.1. The summed E-state index contributed by atoms with van der Waals surface area (Å²) in [5, 5.41) is 3.79. The van der Waals surface area contributed by atoms with Crippen molar-refractivity contribution in [2.24, 2.45) is 0 Å². The number of hydrogen-bond donors (Lipinski definition) is 2. The standard InChI is InChI=1S/C10H17N3O3S/c1-15-6-4-3-5-12-9-7(10(14)16-2)8(11)13-17-9/h12H,3-6H2,1-2H3,(H2,11,13). The highest BCUT2D eigenvalue weighted by Gasteiger charge is 2.19. The van der Waals surface area contributed by atoms with E-state index in [0.29, 0.717) is 10.6 Å². The molecule has 0 bridgehead atoms. The van der Waals surface area contributed by atoms with E-state index in [0.717, 1.165) is 26.0 Å². The maximum absolute atomic E-state index is 11.5. The number of nitrogen functional groups attached to an aromatic ring is 1. The van der Waals surface area contributed by atoms with E-state index < -0.39 is 5.97 Å². The first-order chi connectivity index (χ1) is 8.20. The Labute approximate surface area is 104 Å². The van der Waals surface area contributed by atoms with E-state index in [1.165, 1.54) is 18.6 Å². The largest absolute Gasteiger partial charge is 0.465 e. The van der Waals surface area contributed by atoms with Gasteiger partial charge in [0.25, 0.3) is 0 Å². The molecular formula is C10H17N3O3S. The maximum atomic E-state index is 11.5. The van der Waals surface area contributed by atoms with Crippen LogP contribution in [0, 0.1) is 0 Å². The number of nitrogens with one attached hydrogen (secondary N) is 1. The van der Waals surface area contributed by atoms with E-state index in [1.807, 2.05) is 0 Å². The Balaban J connectivity index is 2.50. The molecule has 0 aliphatic rings. The van der Waals surface area contributed by atoms with Crippen LogP contribution in [0.25, 0.3) is 0 Å². The van der Waals surface area contributed by atoms with Gasteiger partial charge in [-0.05, 0) is 24.4 Å². The van der Waals surface area contributed by atoms with Gasteiger partial charge in [-0.2, -0.15) is 4.37 Å². The molecule has 0 amide bonds. The molecule has 0 fully saturated rings. The second kappa shape index (κ2) is 7.08. The molecule has 0 saturated heterocycles. The zero-order chi connectivity index (χ0) is 12.7. The molecule has 7 heteroatoms. The van der Waals surface area contributed by atoms with E-state index in [2.05, 4.69) is 14.4 Å². The number of rotatable bonds is 7. The Hall–Kier alpha value is -1.34. The first-order valence-corrected chi connectivity index (χ1v) is 6.04. The van der Waals surface area contributed by atoms with Crippen LogP contribution in [0.4, 0.5) is 10.8 Å². The van der Waals surface area contributed by atoms with Gasteiger partial charge in [0.2, 0.25) is 0 Å². The molecule has 0 radical (unpaired) electrons. The van der Waals surface area contributed by atoms with Crippen LogP contribution < -0.4 is 11.1 Å². The van der Waals surface area contributed by atoms with Gasteiger partial charge < -0.3 is 20.5 Å². The Morgan fingerprint density at radius 2 is 2.24 bits per heavy atom. The van der Waals surface area contributed by atoms with Gasteiger partial charge in [-0.25, -0.2) is 4.79 Å². The van der Waals surface area contributed by atoms with Gasteiger partial charge in [-0.1, -0.05) is 0 Å². The third kappa shape index (κ3) is 3.86. The highest BCUT2D eigenvalue weighted by molar-refractivity contribution is 7.11. The molecule has 6 nitrogen and oxygen atoms in total. The van der Waals surface area contributed by atoms with Crippen LogP contribution >= 0.6 is 11.5 Å². The molecule has 0 aliphatic carbocycles. The number of methoxy groups -OCH3 is 2. The Bertz CT molecular complexity index is 368. The summed E-state index contributed by atoms with van der Waals surface area (Å²) in [4.78, 5) is 11.5. The number of carbonyl (C=O) groups is 1. The molecule has 96 valence electrons. The number of aromatic nitrogens is 1. The van der Waals surface area contributed by atoms with Gasteiger partial charge in [0.15, 0.2) is 5.82 Å². The molecule has 1 rings (SSSR count). The number of ether oxygens (including phenoxy) is 2. The fourth-order valence-corrected chi connectivity index (χ4v) is 2.02. The van der Waals surface area contributed by atoms with Crippen molar-refractivity contribution < 1.29 is 14.3 Å². The Morgan fingerprint density at radius 3 is 2.88 bits per heavy atom. The number of unbranched alkanes of at least 4 members (excludes halogenated alkanes) is 1. The van der Waals surface area contributed by atoms with Crippen molar-refractivity contribution in [3.63, 3.8) is 0 Å². The second-order valence-corrected chi connectivity index (χ2v) is 4.16. The topological polar surface area (TPSA) is 86.5 Å². The predicted molar refractivity (Wildman–Crippen MR) is 67.5 cm³/mol. The van der Waals surface area contributed by atoms with Gasteiger partial charge in [-0.3, -0.25) is 0 Å². The maximum Gasteiger partial charge on any atom is 0.344 e. The molecule has 0 saturated carbocycles. The van der Waals surface area contributed by atoms with Crippen molar-refractivity contribution in [1.82, 2.24) is 4.37 Å². The summed E-state index contributed by atoms with van der Waals surface area (Å²) in [7, 11) is 2.99. The fraction of sp³-hybridized carbons (Fsp3) is 0.600. The van der Waals surface area contributed by atoms with Crippen LogP contribution in [-0.2, 0) is 9.47 Å². The van der Waals surface area contributed by atoms with E-state index >= 15 is 0 Å². The summed E-state index contributed by atoms with van der Waals surface area (Å²) in [6.45, 7) is 1.48. The van der Waals surface area contributed by atoms with Gasteiger partial charge in [-0.15, -0.1) is 0 Å². The zero-order valence-electron chi connectivity index (χ0n) is 9.99. The average Bonchev–Trinajstić information content (AvgIpc) is 2.69. The quantitative estimate of drug-likeness (QED) is 0.568. The van der Waals surface area contributed by atoms with Crippen LogP contribution in [0.15, 0.2) is 0 Å². The molecule has 3 N–H and O–H groups in total. The summed E-state index contributed by atoms with van der Waals surface area (Å²) in [5.74, 6) is -0.253. The van der Waals surface area contributed by atoms with Crippen LogP contribution in [-0.4, -0.2) is 37.7 Å². The fourth-order valence-electron chi connectivity index (χ4n) is 1.30. The third-order valence-electron chi connectivity index (χ3n) is 2.17. The van der Waals surface area contributed by atoms with Crippen molar-refractivity contribution in [2.45, 2.75) is 12.8 Å². The highest BCUT2D eigenvalue weighted by Crippen LogP contribution is 2.27. The molecule has 1 aromatic rings. The van der Waals surface area contributed by atoms with Crippen LogP contribution in [0.1, 0.15) is 23.2 Å². The van der Waals surface area contributed by atoms with Gasteiger partial charge in [0, 0.05) is 20.3 Å². The minimum absolute atomic E-state index is 0.209. The summed E-state index contributed by atoms with van der Waals surface area (Å²) in [6.07, 6.45) is 1.91. The van der Waals surface area contributed by atoms with Crippen LogP contribution in [0.2, 0.25) is 0 Å². The lowest BCUT2D eigenvalue weighted by Gasteiger charge is -2.05. The van der Waals surface area contributed by atoms with Crippen molar-refractivity contribution >= 4 is 28.3 Å². The number of hydrogen-bond acceptors (Lipinski definition) is 7. The molecule has 1 heterocycles. The minimum Gasteiger partial charge on any atom is -0.465 e. The Kier molecular flexibility index (Phi) is 5.71. The smallest absolute Gasteiger partial charge is 0.344 e. The minimum atomic E-state index is -0.462. The lowest BCUT2D eigenvalue weighted by atomic mass is 10.3. The van der Waals surface area contributed by atoms with Crippen molar-refractivity contribution in [3.05, 3.63) is 5.56 Å². The zero-order valence-corrected chi connectivity index (χ0v) is 10.8. The molecule has 1 aromatic heterocycles. The molecule has 17 heavy (non-hydrogen) atoms. The monoisotopic (exact) mass is 259 g/mol. The molecular weight excluding hydrogens is 242 g/mol. The van der Waals surface area contributed by atoms with E-state index in [9.17, 15) is 4.79 Å². The van der Waals surface area contributed by atoms with E-state index in [-0.39, 0.29) is 5.82 Å². The Morgan fingerprint density at radius 1 is 1.47 bits per heavy atom. The first kappa shape index (κ1) is 13.7. The molecule has 0 aliphatic heterocycles. The van der Waals surface area contributed by atoms with Gasteiger partial charge >= 0.3 is 5.97 Å². The third-order valence-corrected chi connectivity index (χ3v) is 2.99. The van der Waals surface area contributed by atoms with Crippen molar-refractivity contribution in [2.75, 3.05) is 38.4 Å². The molecule has 0 spiro atoms. The molecule has 0 atom stereocenters. The number of anilines is 2. The summed E-state index contributed by atoms with van der Waals surface area (Å²) in [5.41, 5.74) is 5.93. The number of carbonyl (C=O) groups excluding carboxylic acids is 1. The first-order valence-electron chi connectivity index (χ1n) is 5.27. The van der Waals surface area contributed by atoms with Crippen LogP contribution in [0.5, 0.6) is 0 Å². The van der Waals surface area contributed by atoms with E-state index in [4.69, 9.17) is 10.5 Å². The summed E-state index contributed by atoms with van der Waals surface area (Å²) in [6, 6.07) is 0. The SMILES string of the molecule is COCCCCNc1snc(N)c1C(=O)OC. The van der Waals surface area contributed by atoms with Crippen LogP contribution in [0.3, 0.4) is 0 Å². The lowest BCUT2D eigenvalue weighted by molar-refractivity contribution is 0.0603. The predicted octanol–water partition coefficient (Wildman–Crippen LogP) is 1.35. The van der Waals surface area contributed by atoms with Crippen molar-refractivity contribution in [1.29, 1.82) is 0 Å². The lowest BCUT2D eigenvalue weighted by Crippen LogP contribution is -2.09. The molecule has 0 unspecified atom stereocenters. The van der Waals surface area contributed by atoms with Gasteiger partial charge in [0.05, 0.1) is 7.11 Å². The average molecular weight is 259 g/mol. The van der Waals surface area contributed by atoms with Gasteiger partial charge in [0.1, 0.15) is 10.6 Å². The summed E-state index contributed by atoms with van der Waals surface area (Å²) >= 11 is 1.17. The number of nitrogens with zero attached hydrogens (tertiary/aromatic N) is 1. The van der Waals surface area contributed by atoms with E-state index in [1.54, 1.807) is 7.11 Å². The number of esters is 1.